The normalized spacial score (nSPS) is 16.9. The summed E-state index contributed by atoms with van der Waals surface area (Å²) in [6.07, 6.45) is 3.42. The van der Waals surface area contributed by atoms with E-state index in [1.54, 1.807) is 0 Å². The number of hydrogen-bond acceptors (Lipinski definition) is 3. The molecule has 0 saturated carbocycles. The lowest BCUT2D eigenvalue weighted by Crippen LogP contribution is -2.44. The molecule has 0 aromatic heterocycles. The van der Waals surface area contributed by atoms with Gasteiger partial charge in [-0.25, -0.2) is 0 Å². The first kappa shape index (κ1) is 16.0. The molecule has 4 nitrogen and oxygen atoms in total. The van der Waals surface area contributed by atoms with Crippen molar-refractivity contribution in [2.24, 2.45) is 5.73 Å². The largest absolute Gasteiger partial charge is 0.353 e. The van der Waals surface area contributed by atoms with Crippen molar-refractivity contribution in [1.82, 2.24) is 10.2 Å². The molecular formula is C17H27N3O. The molecule has 0 unspecified atom stereocenters. The lowest BCUT2D eigenvalue weighted by atomic mass is 10.0. The fourth-order valence-electron chi connectivity index (χ4n) is 2.83. The molecule has 116 valence electrons. The molecule has 1 aromatic carbocycles. The Morgan fingerprint density at radius 2 is 2.05 bits per heavy atom. The van der Waals surface area contributed by atoms with Gasteiger partial charge in [0.25, 0.3) is 0 Å². The number of carbonyl (C=O) groups excluding carboxylic acids is 1. The number of piperidine rings is 1. The van der Waals surface area contributed by atoms with Gasteiger partial charge in [0.05, 0.1) is 0 Å². The zero-order chi connectivity index (χ0) is 15.1. The van der Waals surface area contributed by atoms with Crippen LogP contribution in [0.2, 0.25) is 0 Å². The van der Waals surface area contributed by atoms with Gasteiger partial charge < -0.3 is 11.1 Å². The summed E-state index contributed by atoms with van der Waals surface area (Å²) in [5.74, 6) is 0.151. The van der Waals surface area contributed by atoms with Crippen molar-refractivity contribution >= 4 is 5.91 Å². The van der Waals surface area contributed by atoms with E-state index in [9.17, 15) is 4.79 Å². The second kappa shape index (κ2) is 8.15. The summed E-state index contributed by atoms with van der Waals surface area (Å²) in [7, 11) is 0. The molecule has 1 fully saturated rings. The number of nitrogens with two attached hydrogens (primary N) is 1. The molecule has 1 aliphatic heterocycles. The summed E-state index contributed by atoms with van der Waals surface area (Å²) in [4.78, 5) is 14.2. The van der Waals surface area contributed by atoms with Gasteiger partial charge >= 0.3 is 0 Å². The Labute approximate surface area is 127 Å². The molecule has 2 rings (SSSR count). The van der Waals surface area contributed by atoms with E-state index in [1.165, 1.54) is 11.1 Å². The molecule has 0 atom stereocenters. The van der Waals surface area contributed by atoms with Crippen LogP contribution in [0.4, 0.5) is 0 Å². The highest BCUT2D eigenvalue weighted by atomic mass is 16.1. The number of hydrogen-bond donors (Lipinski definition) is 2. The predicted octanol–water partition coefficient (Wildman–Crippen LogP) is 1.81. The zero-order valence-corrected chi connectivity index (χ0v) is 13.0. The number of benzene rings is 1. The minimum absolute atomic E-state index is 0.151. The maximum Gasteiger partial charge on any atom is 0.220 e. The van der Waals surface area contributed by atoms with Gasteiger partial charge in [0.15, 0.2) is 0 Å². The Morgan fingerprint density at radius 3 is 2.71 bits per heavy atom. The quantitative estimate of drug-likeness (QED) is 0.840. The van der Waals surface area contributed by atoms with E-state index in [2.05, 4.69) is 41.4 Å². The van der Waals surface area contributed by atoms with Gasteiger partial charge in [0, 0.05) is 32.1 Å². The fraction of sp³-hybridized carbons (Fsp3) is 0.588. The summed E-state index contributed by atoms with van der Waals surface area (Å²) < 4.78 is 0. The highest BCUT2D eigenvalue weighted by molar-refractivity contribution is 5.76. The first-order valence-corrected chi connectivity index (χ1v) is 7.95. The van der Waals surface area contributed by atoms with E-state index in [-0.39, 0.29) is 5.91 Å². The van der Waals surface area contributed by atoms with Gasteiger partial charge in [-0.3, -0.25) is 9.69 Å². The SMILES string of the molecule is Cc1ccccc1CN1CCC(NC(=O)CCCN)CC1. The average molecular weight is 289 g/mol. The van der Waals surface area contributed by atoms with Crippen molar-refractivity contribution < 1.29 is 4.79 Å². The van der Waals surface area contributed by atoms with Crippen LogP contribution in [0.25, 0.3) is 0 Å². The Kier molecular flexibility index (Phi) is 6.21. The minimum Gasteiger partial charge on any atom is -0.353 e. The van der Waals surface area contributed by atoms with Crippen molar-refractivity contribution in [3.05, 3.63) is 35.4 Å². The highest BCUT2D eigenvalue weighted by Crippen LogP contribution is 2.16. The summed E-state index contributed by atoms with van der Waals surface area (Å²) in [6.45, 7) is 5.87. The van der Waals surface area contributed by atoms with Crippen LogP contribution in [0, 0.1) is 6.92 Å². The second-order valence-corrected chi connectivity index (χ2v) is 5.94. The van der Waals surface area contributed by atoms with Gasteiger partial charge in [-0.05, 0) is 43.9 Å². The van der Waals surface area contributed by atoms with E-state index in [1.807, 2.05) is 0 Å². The molecule has 1 saturated heterocycles. The monoisotopic (exact) mass is 289 g/mol. The molecule has 21 heavy (non-hydrogen) atoms. The molecular weight excluding hydrogens is 262 g/mol. The zero-order valence-electron chi connectivity index (χ0n) is 13.0. The van der Waals surface area contributed by atoms with Crippen molar-refractivity contribution in [3.8, 4) is 0 Å². The third kappa shape index (κ3) is 5.14. The molecule has 0 radical (unpaired) electrons. The van der Waals surface area contributed by atoms with Gasteiger partial charge in [0.1, 0.15) is 0 Å². The number of nitrogens with zero attached hydrogens (tertiary/aromatic N) is 1. The number of carbonyl (C=O) groups is 1. The van der Waals surface area contributed by atoms with Crippen molar-refractivity contribution in [1.29, 1.82) is 0 Å². The summed E-state index contributed by atoms with van der Waals surface area (Å²) >= 11 is 0. The molecule has 1 amide bonds. The van der Waals surface area contributed by atoms with E-state index in [4.69, 9.17) is 5.73 Å². The maximum absolute atomic E-state index is 11.7. The maximum atomic E-state index is 11.7. The van der Waals surface area contributed by atoms with Crippen molar-refractivity contribution in [2.75, 3.05) is 19.6 Å². The van der Waals surface area contributed by atoms with Crippen LogP contribution >= 0.6 is 0 Å². The smallest absolute Gasteiger partial charge is 0.220 e. The molecule has 4 heteroatoms. The van der Waals surface area contributed by atoms with Crippen LogP contribution < -0.4 is 11.1 Å². The number of likely N-dealkylation sites (tertiary alicyclic amines) is 1. The first-order valence-electron chi connectivity index (χ1n) is 7.95. The molecule has 3 N–H and O–H groups in total. The molecule has 0 bridgehead atoms. The Bertz CT molecular complexity index is 453. The molecule has 0 spiro atoms. The van der Waals surface area contributed by atoms with Crippen molar-refractivity contribution in [3.63, 3.8) is 0 Å². The Balaban J connectivity index is 1.73. The topological polar surface area (TPSA) is 58.4 Å². The lowest BCUT2D eigenvalue weighted by molar-refractivity contribution is -0.122. The van der Waals surface area contributed by atoms with Crippen LogP contribution in [0.1, 0.15) is 36.8 Å². The number of amides is 1. The third-order valence-electron chi connectivity index (χ3n) is 4.22. The first-order chi connectivity index (χ1) is 10.2. The lowest BCUT2D eigenvalue weighted by Gasteiger charge is -2.32. The predicted molar refractivity (Wildman–Crippen MR) is 85.9 cm³/mol. The molecule has 0 aliphatic carbocycles. The van der Waals surface area contributed by atoms with E-state index >= 15 is 0 Å². The molecule has 1 heterocycles. The van der Waals surface area contributed by atoms with Gasteiger partial charge in [0.2, 0.25) is 5.91 Å². The minimum atomic E-state index is 0.151. The summed E-state index contributed by atoms with van der Waals surface area (Å²) in [5, 5.41) is 3.13. The van der Waals surface area contributed by atoms with Crippen molar-refractivity contribution in [2.45, 2.75) is 45.2 Å². The second-order valence-electron chi connectivity index (χ2n) is 5.94. The summed E-state index contributed by atoms with van der Waals surface area (Å²) in [5.41, 5.74) is 8.19. The van der Waals surface area contributed by atoms with Gasteiger partial charge in [-0.2, -0.15) is 0 Å². The Morgan fingerprint density at radius 1 is 1.33 bits per heavy atom. The highest BCUT2D eigenvalue weighted by Gasteiger charge is 2.20. The van der Waals surface area contributed by atoms with E-state index in [0.717, 1.165) is 38.9 Å². The van der Waals surface area contributed by atoms with Crippen LogP contribution in [-0.4, -0.2) is 36.5 Å². The number of aryl methyl sites for hydroxylation is 1. The van der Waals surface area contributed by atoms with Crippen LogP contribution in [0.5, 0.6) is 0 Å². The number of rotatable bonds is 6. The molecule has 1 aromatic rings. The summed E-state index contributed by atoms with van der Waals surface area (Å²) in [6, 6.07) is 8.90. The van der Waals surface area contributed by atoms with Crippen LogP contribution in [-0.2, 0) is 11.3 Å². The average Bonchev–Trinajstić information content (AvgIpc) is 2.49. The Hall–Kier alpha value is -1.39. The third-order valence-corrected chi connectivity index (χ3v) is 4.22. The molecule has 1 aliphatic rings. The fourth-order valence-corrected chi connectivity index (χ4v) is 2.83. The van der Waals surface area contributed by atoms with Crippen LogP contribution in [0.15, 0.2) is 24.3 Å². The number of nitrogens with one attached hydrogen (secondary N) is 1. The van der Waals surface area contributed by atoms with Crippen LogP contribution in [0.3, 0.4) is 0 Å². The standard InChI is InChI=1S/C17H27N3O/c1-14-5-2-3-6-15(14)13-20-11-8-16(9-12-20)19-17(21)7-4-10-18/h2-3,5-6,16H,4,7-13,18H2,1H3,(H,19,21). The van der Waals surface area contributed by atoms with Gasteiger partial charge in [-0.15, -0.1) is 0 Å². The van der Waals surface area contributed by atoms with E-state index < -0.39 is 0 Å². The van der Waals surface area contributed by atoms with Gasteiger partial charge in [-0.1, -0.05) is 24.3 Å². The van der Waals surface area contributed by atoms with E-state index in [0.29, 0.717) is 19.0 Å².